The maximum atomic E-state index is 12.5. The van der Waals surface area contributed by atoms with Crippen molar-refractivity contribution in [2.45, 2.75) is 29.5 Å². The van der Waals surface area contributed by atoms with Gasteiger partial charge in [0.15, 0.2) is 5.78 Å². The normalized spacial score (nSPS) is 18.1. The maximum Gasteiger partial charge on any atom is 0.227 e. The van der Waals surface area contributed by atoms with Gasteiger partial charge in [-0.2, -0.15) is 0 Å². The molecule has 1 aliphatic heterocycles. The Kier molecular flexibility index (Phi) is 5.20. The van der Waals surface area contributed by atoms with E-state index in [1.165, 1.54) is 4.90 Å². The number of carbonyl (C=O) groups excluding carboxylic acids is 2. The predicted molar refractivity (Wildman–Crippen MR) is 92.7 cm³/mol. The molecular weight excluding hydrogens is 322 g/mol. The van der Waals surface area contributed by atoms with E-state index < -0.39 is 10.8 Å². The second-order valence-corrected chi connectivity index (χ2v) is 7.43. The first kappa shape index (κ1) is 16.6. The number of amides is 1. The Hall–Kier alpha value is -2.27. The average Bonchev–Trinajstić information content (AvgIpc) is 2.63. The predicted octanol–water partition coefficient (Wildman–Crippen LogP) is 2.55. The monoisotopic (exact) mass is 341 g/mol. The molecule has 3 rings (SSSR count). The van der Waals surface area contributed by atoms with Crippen molar-refractivity contribution in [3.63, 3.8) is 0 Å². The number of benzene rings is 2. The van der Waals surface area contributed by atoms with E-state index in [9.17, 15) is 13.8 Å². The summed E-state index contributed by atoms with van der Waals surface area (Å²) < 4.78 is 12.5. The second-order valence-electron chi connectivity index (χ2n) is 5.82. The van der Waals surface area contributed by atoms with E-state index in [1.807, 2.05) is 48.5 Å². The number of carbonyl (C=O) groups is 2. The van der Waals surface area contributed by atoms with E-state index in [0.29, 0.717) is 17.7 Å². The van der Waals surface area contributed by atoms with Crippen LogP contribution in [0.15, 0.2) is 65.6 Å². The van der Waals surface area contributed by atoms with E-state index in [4.69, 9.17) is 0 Å². The molecule has 1 saturated heterocycles. The third-order valence-corrected chi connectivity index (χ3v) is 5.77. The fourth-order valence-corrected chi connectivity index (χ4v) is 4.17. The Labute approximate surface area is 143 Å². The van der Waals surface area contributed by atoms with Crippen LogP contribution in [0.4, 0.5) is 0 Å². The number of hydrogen-bond donors (Lipinski definition) is 0. The molecule has 1 fully saturated rings. The molecule has 0 spiro atoms. The van der Waals surface area contributed by atoms with Gasteiger partial charge in [0.2, 0.25) is 5.91 Å². The smallest absolute Gasteiger partial charge is 0.227 e. The third kappa shape index (κ3) is 3.79. The van der Waals surface area contributed by atoms with Crippen LogP contribution in [0, 0.1) is 0 Å². The average molecular weight is 341 g/mol. The van der Waals surface area contributed by atoms with Gasteiger partial charge in [-0.1, -0.05) is 48.5 Å². The summed E-state index contributed by atoms with van der Waals surface area (Å²) in [6, 6.07) is 18.9. The molecule has 2 atom stereocenters. The van der Waals surface area contributed by atoms with Crippen LogP contribution in [0.5, 0.6) is 0 Å². The number of aryl methyl sites for hydroxylation is 1. The Morgan fingerprint density at radius 2 is 1.67 bits per heavy atom. The van der Waals surface area contributed by atoms with Gasteiger partial charge >= 0.3 is 0 Å². The van der Waals surface area contributed by atoms with Crippen LogP contribution in [0.25, 0.3) is 0 Å². The van der Waals surface area contributed by atoms with Crippen molar-refractivity contribution in [3.05, 3.63) is 66.2 Å². The van der Waals surface area contributed by atoms with E-state index in [0.717, 1.165) is 5.56 Å². The van der Waals surface area contributed by atoms with E-state index in [-0.39, 0.29) is 30.0 Å². The summed E-state index contributed by atoms with van der Waals surface area (Å²) in [6.07, 6.45) is 1.29. The fourth-order valence-electron chi connectivity index (χ4n) is 2.72. The minimum atomic E-state index is -1.30. The SMILES string of the molecule is O=C(CCc1ccccc1)CN1C(=O)C[C@@H]1S(=O)c1ccccc1. The number of Topliss-reactive ketones (excluding diaryl/α,β-unsaturated/α-hetero) is 1. The lowest BCUT2D eigenvalue weighted by molar-refractivity contribution is -0.145. The lowest BCUT2D eigenvalue weighted by Crippen LogP contribution is -2.56. The highest BCUT2D eigenvalue weighted by atomic mass is 32.2. The van der Waals surface area contributed by atoms with Gasteiger partial charge in [-0.05, 0) is 24.1 Å². The van der Waals surface area contributed by atoms with Crippen LogP contribution >= 0.6 is 0 Å². The Morgan fingerprint density at radius 3 is 2.29 bits per heavy atom. The number of β-lactam (4-membered cyclic amide) rings is 1. The summed E-state index contributed by atoms with van der Waals surface area (Å²) in [5.74, 6) is -0.0979. The maximum absolute atomic E-state index is 12.5. The van der Waals surface area contributed by atoms with Crippen LogP contribution < -0.4 is 0 Å². The van der Waals surface area contributed by atoms with Crippen molar-refractivity contribution < 1.29 is 13.8 Å². The molecule has 0 bridgehead atoms. The van der Waals surface area contributed by atoms with Crippen LogP contribution in [0.1, 0.15) is 18.4 Å². The molecule has 5 heteroatoms. The Bertz CT molecular complexity index is 746. The second kappa shape index (κ2) is 7.53. The number of hydrogen-bond acceptors (Lipinski definition) is 3. The molecule has 2 aromatic carbocycles. The Balaban J connectivity index is 1.56. The first-order valence-electron chi connectivity index (χ1n) is 7.96. The lowest BCUT2D eigenvalue weighted by atomic mass is 10.1. The highest BCUT2D eigenvalue weighted by Crippen LogP contribution is 2.26. The van der Waals surface area contributed by atoms with Gasteiger partial charge in [-0.25, -0.2) is 0 Å². The molecule has 1 heterocycles. The van der Waals surface area contributed by atoms with Crippen molar-refractivity contribution in [2.24, 2.45) is 0 Å². The summed E-state index contributed by atoms with van der Waals surface area (Å²) in [5, 5.41) is -0.388. The van der Waals surface area contributed by atoms with Crippen molar-refractivity contribution in [1.82, 2.24) is 4.90 Å². The van der Waals surface area contributed by atoms with E-state index in [1.54, 1.807) is 12.1 Å². The minimum absolute atomic E-state index is 0.00182. The number of rotatable bonds is 7. The van der Waals surface area contributed by atoms with Gasteiger partial charge in [-0.3, -0.25) is 13.8 Å². The van der Waals surface area contributed by atoms with Gasteiger partial charge in [0.05, 0.1) is 23.8 Å². The van der Waals surface area contributed by atoms with Gasteiger partial charge in [0.25, 0.3) is 0 Å². The number of likely N-dealkylation sites (tertiary alicyclic amines) is 1. The molecule has 0 radical (unpaired) electrons. The zero-order valence-electron chi connectivity index (χ0n) is 13.3. The number of nitrogens with zero attached hydrogens (tertiary/aromatic N) is 1. The van der Waals surface area contributed by atoms with Gasteiger partial charge in [-0.15, -0.1) is 0 Å². The first-order chi connectivity index (χ1) is 11.6. The highest BCUT2D eigenvalue weighted by Gasteiger charge is 2.41. The molecule has 1 unspecified atom stereocenters. The van der Waals surface area contributed by atoms with Gasteiger partial charge < -0.3 is 4.90 Å². The molecule has 1 amide bonds. The number of ketones is 1. The van der Waals surface area contributed by atoms with Crippen molar-refractivity contribution in [1.29, 1.82) is 0 Å². The molecule has 0 aliphatic carbocycles. The lowest BCUT2D eigenvalue weighted by Gasteiger charge is -2.39. The van der Waals surface area contributed by atoms with E-state index in [2.05, 4.69) is 0 Å². The molecule has 0 aromatic heterocycles. The topological polar surface area (TPSA) is 54.5 Å². The molecule has 0 N–H and O–H groups in total. The van der Waals surface area contributed by atoms with Crippen LogP contribution in [-0.4, -0.2) is 32.7 Å². The quantitative estimate of drug-likeness (QED) is 0.727. The summed E-state index contributed by atoms with van der Waals surface area (Å²) in [7, 11) is -1.30. The van der Waals surface area contributed by atoms with Crippen molar-refractivity contribution >= 4 is 22.5 Å². The summed E-state index contributed by atoms with van der Waals surface area (Å²) in [5.41, 5.74) is 1.10. The van der Waals surface area contributed by atoms with Crippen molar-refractivity contribution in [2.75, 3.05) is 6.54 Å². The molecule has 2 aromatic rings. The van der Waals surface area contributed by atoms with Crippen LogP contribution in [0.2, 0.25) is 0 Å². The van der Waals surface area contributed by atoms with Gasteiger partial charge in [0, 0.05) is 11.3 Å². The molecule has 4 nitrogen and oxygen atoms in total. The Morgan fingerprint density at radius 1 is 1.04 bits per heavy atom. The largest absolute Gasteiger partial charge is 0.320 e. The molecular formula is C19H19NO3S. The summed E-state index contributed by atoms with van der Waals surface area (Å²) in [6.45, 7) is 0.0505. The molecule has 24 heavy (non-hydrogen) atoms. The van der Waals surface area contributed by atoms with Crippen LogP contribution in [-0.2, 0) is 26.8 Å². The summed E-state index contributed by atoms with van der Waals surface area (Å²) in [4.78, 5) is 26.1. The zero-order chi connectivity index (χ0) is 16.9. The standard InChI is InChI=1S/C19H19NO3S/c21-16(12-11-15-7-3-1-4-8-15)14-20-18(22)13-19(20)24(23)17-9-5-2-6-10-17/h1-10,19H,11-14H2/t19-,24?/m0/s1. The van der Waals surface area contributed by atoms with Crippen LogP contribution in [0.3, 0.4) is 0 Å². The third-order valence-electron chi connectivity index (χ3n) is 4.12. The molecule has 124 valence electrons. The fraction of sp³-hybridized carbons (Fsp3) is 0.263. The molecule has 1 aliphatic rings. The zero-order valence-corrected chi connectivity index (χ0v) is 14.1. The highest BCUT2D eigenvalue weighted by molar-refractivity contribution is 7.85. The first-order valence-corrected chi connectivity index (χ1v) is 9.17. The van der Waals surface area contributed by atoms with Gasteiger partial charge in [0.1, 0.15) is 5.37 Å². The molecule has 0 saturated carbocycles. The van der Waals surface area contributed by atoms with E-state index >= 15 is 0 Å². The summed E-state index contributed by atoms with van der Waals surface area (Å²) >= 11 is 0. The minimum Gasteiger partial charge on any atom is -0.320 e. The van der Waals surface area contributed by atoms with Crippen molar-refractivity contribution in [3.8, 4) is 0 Å².